The van der Waals surface area contributed by atoms with Gasteiger partial charge in [-0.2, -0.15) is 0 Å². The first-order valence-corrected chi connectivity index (χ1v) is 8.62. The fourth-order valence-corrected chi connectivity index (χ4v) is 2.66. The normalized spacial score (nSPS) is 15.5. The van der Waals surface area contributed by atoms with Crippen molar-refractivity contribution in [1.29, 1.82) is 0 Å². The number of benzene rings is 1. The molecule has 0 aromatic heterocycles. The maximum atomic E-state index is 12.0. The van der Waals surface area contributed by atoms with E-state index in [9.17, 15) is 4.79 Å². The van der Waals surface area contributed by atoms with Crippen molar-refractivity contribution in [3.8, 4) is 0 Å². The lowest BCUT2D eigenvalue weighted by atomic mass is 10.2. The maximum absolute atomic E-state index is 12.0. The molecule has 1 N–H and O–H groups in total. The minimum atomic E-state index is -0.439. The van der Waals surface area contributed by atoms with E-state index < -0.39 is 5.97 Å². The molecule has 1 aliphatic heterocycles. The molecule has 0 fully saturated rings. The Labute approximate surface area is 148 Å². The fourth-order valence-electron chi connectivity index (χ4n) is 2.44. The van der Waals surface area contributed by atoms with E-state index in [1.807, 2.05) is 31.1 Å². The van der Waals surface area contributed by atoms with Gasteiger partial charge in [-0.05, 0) is 38.6 Å². The zero-order valence-corrected chi connectivity index (χ0v) is 15.0. The fraction of sp³-hybridized carbons (Fsp3) is 0.444. The summed E-state index contributed by atoms with van der Waals surface area (Å²) in [7, 11) is 3.91. The molecule has 2 rings (SSSR count). The molecule has 0 saturated heterocycles. The van der Waals surface area contributed by atoms with E-state index in [4.69, 9.17) is 16.3 Å². The molecule has 0 spiro atoms. The van der Waals surface area contributed by atoms with Crippen LogP contribution in [0, 0.1) is 0 Å². The van der Waals surface area contributed by atoms with Crippen LogP contribution in [0.1, 0.15) is 31.2 Å². The Kier molecular flexibility index (Phi) is 7.28. The van der Waals surface area contributed by atoms with E-state index in [0.29, 0.717) is 16.3 Å². The molecule has 6 heteroatoms. The molecule has 1 aromatic carbocycles. The third-order valence-electron chi connectivity index (χ3n) is 3.76. The summed E-state index contributed by atoms with van der Waals surface area (Å²) >= 11 is 6.12. The molecule has 1 aliphatic rings. The lowest BCUT2D eigenvalue weighted by Crippen LogP contribution is -2.14. The lowest BCUT2D eigenvalue weighted by molar-refractivity contribution is -0.130. The summed E-state index contributed by atoms with van der Waals surface area (Å²) in [5.41, 5.74) is 0.936. The van der Waals surface area contributed by atoms with Gasteiger partial charge in [-0.3, -0.25) is 0 Å². The molecule has 5 nitrogen and oxygen atoms in total. The van der Waals surface area contributed by atoms with Gasteiger partial charge in [-0.25, -0.2) is 9.79 Å². The highest BCUT2D eigenvalue weighted by Crippen LogP contribution is 2.22. The Bertz CT molecular complexity index is 628. The average Bonchev–Trinajstić information content (AvgIpc) is 2.92. The summed E-state index contributed by atoms with van der Waals surface area (Å²) in [4.78, 5) is 18.2. The number of carbonyl (C=O) groups excluding carboxylic acids is 1. The average molecular weight is 350 g/mol. The highest BCUT2D eigenvalue weighted by atomic mass is 35.5. The van der Waals surface area contributed by atoms with E-state index in [-0.39, 0.29) is 5.90 Å². The van der Waals surface area contributed by atoms with Crippen molar-refractivity contribution < 1.29 is 9.53 Å². The van der Waals surface area contributed by atoms with Crippen LogP contribution in [-0.2, 0) is 9.53 Å². The summed E-state index contributed by atoms with van der Waals surface area (Å²) in [5, 5.41) is 3.66. The Morgan fingerprint density at radius 3 is 2.75 bits per heavy atom. The number of esters is 1. The van der Waals surface area contributed by atoms with Crippen LogP contribution in [0.2, 0.25) is 5.02 Å². The number of aliphatic imine (C=N–C) groups is 1. The Morgan fingerprint density at radius 2 is 2.00 bits per heavy atom. The smallest absolute Gasteiger partial charge is 0.365 e. The van der Waals surface area contributed by atoms with E-state index in [1.165, 1.54) is 19.3 Å². The predicted molar refractivity (Wildman–Crippen MR) is 97.2 cm³/mol. The Morgan fingerprint density at radius 1 is 1.25 bits per heavy atom. The standard InChI is InChI=1S/C18H24ClN3O2/c1-20-11-7-3-4-8-12-22(2)13-16-18(23)24-17(21-16)14-9-5-6-10-15(14)19/h5-6,9-10,13,20H,3-4,7-8,11-12H2,1-2H3. The summed E-state index contributed by atoms with van der Waals surface area (Å²) in [5.74, 6) is -0.178. The third-order valence-corrected chi connectivity index (χ3v) is 4.08. The van der Waals surface area contributed by atoms with Gasteiger partial charge in [0.1, 0.15) is 0 Å². The third kappa shape index (κ3) is 5.35. The van der Waals surface area contributed by atoms with Crippen LogP contribution in [0.25, 0.3) is 0 Å². The van der Waals surface area contributed by atoms with Gasteiger partial charge in [0.05, 0.1) is 10.6 Å². The zero-order valence-electron chi connectivity index (χ0n) is 14.2. The molecule has 0 bridgehead atoms. The number of hydrogen-bond acceptors (Lipinski definition) is 5. The number of unbranched alkanes of at least 4 members (excludes halogenated alkanes) is 3. The molecule has 0 amide bonds. The summed E-state index contributed by atoms with van der Waals surface area (Å²) in [6, 6.07) is 7.19. The quantitative estimate of drug-likeness (QED) is 0.422. The molecule has 0 radical (unpaired) electrons. The number of halogens is 1. The van der Waals surface area contributed by atoms with Crippen molar-refractivity contribution in [3.05, 3.63) is 46.7 Å². The van der Waals surface area contributed by atoms with Crippen LogP contribution in [-0.4, -0.2) is 44.0 Å². The minimum Gasteiger partial charge on any atom is -0.402 e. The van der Waals surface area contributed by atoms with Crippen molar-refractivity contribution in [3.63, 3.8) is 0 Å². The molecule has 0 aliphatic carbocycles. The first-order chi connectivity index (χ1) is 11.6. The predicted octanol–water partition coefficient (Wildman–Crippen LogP) is 3.20. The number of carbonyl (C=O) groups is 1. The molecule has 130 valence electrons. The molecule has 24 heavy (non-hydrogen) atoms. The van der Waals surface area contributed by atoms with Crippen LogP contribution in [0.15, 0.2) is 41.2 Å². The SMILES string of the molecule is CNCCCCCCN(C)C=C1N=C(c2ccccc2Cl)OC1=O. The van der Waals surface area contributed by atoms with Gasteiger partial charge in [-0.15, -0.1) is 0 Å². The first-order valence-electron chi connectivity index (χ1n) is 8.24. The van der Waals surface area contributed by atoms with E-state index in [2.05, 4.69) is 10.3 Å². The van der Waals surface area contributed by atoms with Crippen molar-refractivity contribution in [2.45, 2.75) is 25.7 Å². The molecule has 0 atom stereocenters. The van der Waals surface area contributed by atoms with E-state index >= 15 is 0 Å². The molecular formula is C18H24ClN3O2. The van der Waals surface area contributed by atoms with Crippen molar-refractivity contribution >= 4 is 23.5 Å². The Hall–Kier alpha value is -1.85. The highest BCUT2D eigenvalue weighted by Gasteiger charge is 2.25. The van der Waals surface area contributed by atoms with Crippen LogP contribution in [0.4, 0.5) is 0 Å². The van der Waals surface area contributed by atoms with Gasteiger partial charge in [0, 0.05) is 19.8 Å². The number of ether oxygens (including phenoxy) is 1. The number of cyclic esters (lactones) is 1. The second-order valence-electron chi connectivity index (χ2n) is 5.80. The van der Waals surface area contributed by atoms with Crippen LogP contribution >= 0.6 is 11.6 Å². The van der Waals surface area contributed by atoms with Crippen molar-refractivity contribution in [2.75, 3.05) is 27.2 Å². The second kappa shape index (κ2) is 9.45. The molecule has 1 aromatic rings. The van der Waals surface area contributed by atoms with E-state index in [0.717, 1.165) is 19.5 Å². The first kappa shape index (κ1) is 18.5. The summed E-state index contributed by atoms with van der Waals surface area (Å²) in [6.45, 7) is 1.94. The minimum absolute atomic E-state index is 0.261. The van der Waals surface area contributed by atoms with Gasteiger partial charge in [0.15, 0.2) is 5.70 Å². The summed E-state index contributed by atoms with van der Waals surface area (Å²) in [6.07, 6.45) is 6.40. The molecule has 0 saturated carbocycles. The number of nitrogens with one attached hydrogen (secondary N) is 1. The second-order valence-corrected chi connectivity index (χ2v) is 6.21. The van der Waals surface area contributed by atoms with Crippen molar-refractivity contribution in [2.24, 2.45) is 4.99 Å². The Balaban J connectivity index is 1.89. The summed E-state index contributed by atoms with van der Waals surface area (Å²) < 4.78 is 5.24. The molecule has 1 heterocycles. The van der Waals surface area contributed by atoms with Crippen LogP contribution in [0.3, 0.4) is 0 Å². The van der Waals surface area contributed by atoms with E-state index in [1.54, 1.807) is 18.3 Å². The molecule has 0 unspecified atom stereocenters. The van der Waals surface area contributed by atoms with Gasteiger partial charge >= 0.3 is 5.97 Å². The van der Waals surface area contributed by atoms with Gasteiger partial charge in [0.25, 0.3) is 0 Å². The monoisotopic (exact) mass is 349 g/mol. The lowest BCUT2D eigenvalue weighted by Gasteiger charge is -2.13. The number of nitrogens with zero attached hydrogens (tertiary/aromatic N) is 2. The van der Waals surface area contributed by atoms with Crippen LogP contribution in [0.5, 0.6) is 0 Å². The number of rotatable bonds is 9. The van der Waals surface area contributed by atoms with Gasteiger partial charge in [0.2, 0.25) is 5.90 Å². The largest absolute Gasteiger partial charge is 0.402 e. The molecular weight excluding hydrogens is 326 g/mol. The highest BCUT2D eigenvalue weighted by molar-refractivity contribution is 6.34. The van der Waals surface area contributed by atoms with Crippen LogP contribution < -0.4 is 5.32 Å². The maximum Gasteiger partial charge on any atom is 0.365 e. The number of hydrogen-bond donors (Lipinski definition) is 1. The topological polar surface area (TPSA) is 53.9 Å². The van der Waals surface area contributed by atoms with Gasteiger partial charge in [-0.1, -0.05) is 36.6 Å². The van der Waals surface area contributed by atoms with Crippen molar-refractivity contribution in [1.82, 2.24) is 10.2 Å². The van der Waals surface area contributed by atoms with Gasteiger partial charge < -0.3 is 15.0 Å². The zero-order chi connectivity index (χ0) is 17.4.